The highest BCUT2D eigenvalue weighted by Crippen LogP contribution is 2.18. The van der Waals surface area contributed by atoms with Gasteiger partial charge in [0.15, 0.2) is 0 Å². The van der Waals surface area contributed by atoms with Crippen LogP contribution in [0.3, 0.4) is 0 Å². The molecule has 0 aromatic carbocycles. The van der Waals surface area contributed by atoms with Gasteiger partial charge in [0.05, 0.1) is 7.11 Å². The Hall–Kier alpha value is -1.79. The first-order valence-electron chi connectivity index (χ1n) is 7.32. The summed E-state index contributed by atoms with van der Waals surface area (Å²) in [7, 11) is 1.32. The molecule has 2 atom stereocenters. The van der Waals surface area contributed by atoms with Gasteiger partial charge in [0.2, 0.25) is 0 Å². The third-order valence-electron chi connectivity index (χ3n) is 3.63. The molecular weight excluding hydrogens is 276 g/mol. The van der Waals surface area contributed by atoms with Gasteiger partial charge in [-0.25, -0.2) is 9.59 Å². The van der Waals surface area contributed by atoms with E-state index in [2.05, 4.69) is 5.32 Å². The van der Waals surface area contributed by atoms with E-state index < -0.39 is 12.0 Å². The lowest BCUT2D eigenvalue weighted by Crippen LogP contribution is -2.53. The molecule has 0 radical (unpaired) electrons. The van der Waals surface area contributed by atoms with Crippen LogP contribution in [-0.4, -0.2) is 53.7 Å². The number of nitrogens with zero attached hydrogens (tertiary/aromatic N) is 1. The summed E-state index contributed by atoms with van der Waals surface area (Å²) >= 11 is 0. The van der Waals surface area contributed by atoms with Gasteiger partial charge in [0.25, 0.3) is 0 Å². The number of carbonyl (C=O) groups is 3. The molecule has 1 saturated heterocycles. The number of hydrogen-bond donors (Lipinski definition) is 2. The van der Waals surface area contributed by atoms with Crippen LogP contribution in [0.25, 0.3) is 0 Å². The van der Waals surface area contributed by atoms with E-state index in [9.17, 15) is 14.4 Å². The highest BCUT2D eigenvalue weighted by molar-refractivity contribution is 5.84. The summed E-state index contributed by atoms with van der Waals surface area (Å²) in [5, 5.41) is 11.4. The lowest BCUT2D eigenvalue weighted by molar-refractivity contribution is -0.147. The van der Waals surface area contributed by atoms with Crippen molar-refractivity contribution in [2.24, 2.45) is 0 Å². The van der Waals surface area contributed by atoms with Crippen LogP contribution in [0.5, 0.6) is 0 Å². The molecule has 0 saturated carbocycles. The Kier molecular flexibility index (Phi) is 6.98. The normalized spacial score (nSPS) is 19.7. The standard InChI is InChI=1S/C14H24N2O5/c1-10(6-5-8-12(17)18)15-14(20)16-9-4-3-7-11(16)13(19)21-2/h10-11H,3-9H2,1-2H3,(H,15,20)(H,17,18). The van der Waals surface area contributed by atoms with E-state index in [0.717, 1.165) is 12.8 Å². The Bertz CT molecular complexity index is 386. The summed E-state index contributed by atoms with van der Waals surface area (Å²) in [6.07, 6.45) is 3.58. The molecule has 0 bridgehead atoms. The molecule has 1 aliphatic heterocycles. The van der Waals surface area contributed by atoms with Crippen LogP contribution >= 0.6 is 0 Å². The van der Waals surface area contributed by atoms with Crippen LogP contribution in [0.4, 0.5) is 4.79 Å². The minimum Gasteiger partial charge on any atom is -0.481 e. The summed E-state index contributed by atoms with van der Waals surface area (Å²) in [5.74, 6) is -1.22. The summed E-state index contributed by atoms with van der Waals surface area (Å²) in [6, 6.07) is -0.931. The van der Waals surface area contributed by atoms with Gasteiger partial charge in [0, 0.05) is 19.0 Å². The van der Waals surface area contributed by atoms with Crippen LogP contribution in [0.15, 0.2) is 0 Å². The van der Waals surface area contributed by atoms with E-state index in [-0.39, 0.29) is 24.5 Å². The first kappa shape index (κ1) is 17.3. The number of esters is 1. The molecule has 0 spiro atoms. The first-order chi connectivity index (χ1) is 9.95. The fourth-order valence-corrected chi connectivity index (χ4v) is 2.48. The van der Waals surface area contributed by atoms with Gasteiger partial charge in [-0.15, -0.1) is 0 Å². The molecule has 120 valence electrons. The molecule has 2 amide bonds. The highest BCUT2D eigenvalue weighted by atomic mass is 16.5. The second kappa shape index (κ2) is 8.49. The zero-order valence-electron chi connectivity index (χ0n) is 12.6. The lowest BCUT2D eigenvalue weighted by Gasteiger charge is -2.34. The number of carboxylic acid groups (broad SMARTS) is 1. The number of methoxy groups -OCH3 is 1. The van der Waals surface area contributed by atoms with Crippen molar-refractivity contribution in [2.75, 3.05) is 13.7 Å². The van der Waals surface area contributed by atoms with Crippen LogP contribution < -0.4 is 5.32 Å². The maximum Gasteiger partial charge on any atom is 0.328 e. The summed E-state index contributed by atoms with van der Waals surface area (Å²) < 4.78 is 4.74. The van der Waals surface area contributed by atoms with Crippen molar-refractivity contribution in [1.29, 1.82) is 0 Å². The Balaban J connectivity index is 2.47. The number of aliphatic carboxylic acids is 1. The smallest absolute Gasteiger partial charge is 0.328 e. The number of carbonyl (C=O) groups excluding carboxylic acids is 2. The third-order valence-corrected chi connectivity index (χ3v) is 3.63. The third kappa shape index (κ3) is 5.61. The van der Waals surface area contributed by atoms with Crippen LogP contribution in [0.2, 0.25) is 0 Å². The SMILES string of the molecule is COC(=O)C1CCCCN1C(=O)NC(C)CCCC(=O)O. The minimum atomic E-state index is -0.838. The van der Waals surface area contributed by atoms with E-state index in [4.69, 9.17) is 9.84 Å². The first-order valence-corrected chi connectivity index (χ1v) is 7.32. The number of likely N-dealkylation sites (tertiary alicyclic amines) is 1. The van der Waals surface area contributed by atoms with E-state index in [0.29, 0.717) is 25.8 Å². The molecule has 1 rings (SSSR count). The number of piperidine rings is 1. The number of nitrogens with one attached hydrogen (secondary N) is 1. The second-order valence-corrected chi connectivity index (χ2v) is 5.36. The molecule has 1 aliphatic rings. The topological polar surface area (TPSA) is 95.9 Å². The molecular formula is C14H24N2O5. The number of rotatable bonds is 6. The van der Waals surface area contributed by atoms with Crippen molar-refractivity contribution in [3.63, 3.8) is 0 Å². The molecule has 1 heterocycles. The average molecular weight is 300 g/mol. The van der Waals surface area contributed by atoms with Gasteiger partial charge < -0.3 is 20.1 Å². The molecule has 2 unspecified atom stereocenters. The van der Waals surface area contributed by atoms with Crippen molar-refractivity contribution in [1.82, 2.24) is 10.2 Å². The fourth-order valence-electron chi connectivity index (χ4n) is 2.48. The quantitative estimate of drug-likeness (QED) is 0.722. The fraction of sp³-hybridized carbons (Fsp3) is 0.786. The Labute approximate surface area is 124 Å². The van der Waals surface area contributed by atoms with E-state index >= 15 is 0 Å². The summed E-state index contributed by atoms with van der Waals surface area (Å²) in [4.78, 5) is 35.9. The van der Waals surface area contributed by atoms with Gasteiger partial charge in [0.1, 0.15) is 6.04 Å². The predicted molar refractivity (Wildman–Crippen MR) is 75.8 cm³/mol. The van der Waals surface area contributed by atoms with Crippen molar-refractivity contribution < 1.29 is 24.2 Å². The number of amides is 2. The maximum atomic E-state index is 12.2. The van der Waals surface area contributed by atoms with E-state index in [1.165, 1.54) is 12.0 Å². The zero-order chi connectivity index (χ0) is 15.8. The predicted octanol–water partition coefficient (Wildman–Crippen LogP) is 1.37. The molecule has 0 aromatic heterocycles. The minimum absolute atomic E-state index is 0.0920. The van der Waals surface area contributed by atoms with Crippen LogP contribution in [0.1, 0.15) is 45.4 Å². The van der Waals surface area contributed by atoms with Gasteiger partial charge >= 0.3 is 18.0 Å². The Morgan fingerprint density at radius 1 is 1.38 bits per heavy atom. The maximum absolute atomic E-state index is 12.2. The average Bonchev–Trinajstić information content (AvgIpc) is 2.45. The monoisotopic (exact) mass is 300 g/mol. The Morgan fingerprint density at radius 3 is 2.71 bits per heavy atom. The second-order valence-electron chi connectivity index (χ2n) is 5.36. The largest absolute Gasteiger partial charge is 0.481 e. The van der Waals surface area contributed by atoms with E-state index in [1.807, 2.05) is 6.92 Å². The number of urea groups is 1. The number of carboxylic acids is 1. The zero-order valence-corrected chi connectivity index (χ0v) is 12.6. The summed E-state index contributed by atoms with van der Waals surface area (Å²) in [5.41, 5.74) is 0. The molecule has 21 heavy (non-hydrogen) atoms. The van der Waals surface area contributed by atoms with Gasteiger partial charge in [-0.05, 0) is 39.0 Å². The number of hydrogen-bond acceptors (Lipinski definition) is 4. The molecule has 2 N–H and O–H groups in total. The molecule has 0 aromatic rings. The summed E-state index contributed by atoms with van der Waals surface area (Å²) in [6.45, 7) is 2.37. The Morgan fingerprint density at radius 2 is 2.10 bits per heavy atom. The highest BCUT2D eigenvalue weighted by Gasteiger charge is 2.33. The van der Waals surface area contributed by atoms with Crippen molar-refractivity contribution in [3.8, 4) is 0 Å². The molecule has 1 fully saturated rings. The van der Waals surface area contributed by atoms with Gasteiger partial charge in [-0.2, -0.15) is 0 Å². The van der Waals surface area contributed by atoms with Crippen molar-refractivity contribution >= 4 is 18.0 Å². The van der Waals surface area contributed by atoms with Gasteiger partial charge in [-0.3, -0.25) is 4.79 Å². The molecule has 7 nitrogen and oxygen atoms in total. The van der Waals surface area contributed by atoms with Crippen LogP contribution in [-0.2, 0) is 14.3 Å². The number of ether oxygens (including phenoxy) is 1. The van der Waals surface area contributed by atoms with E-state index in [1.54, 1.807) is 0 Å². The van der Waals surface area contributed by atoms with Crippen molar-refractivity contribution in [3.05, 3.63) is 0 Å². The van der Waals surface area contributed by atoms with Crippen LogP contribution in [0, 0.1) is 0 Å². The molecule has 7 heteroatoms. The molecule has 0 aliphatic carbocycles. The van der Waals surface area contributed by atoms with Crippen molar-refractivity contribution in [2.45, 2.75) is 57.5 Å². The van der Waals surface area contributed by atoms with Gasteiger partial charge in [-0.1, -0.05) is 0 Å². The lowest BCUT2D eigenvalue weighted by atomic mass is 10.0.